The van der Waals surface area contributed by atoms with Crippen LogP contribution in [-0.4, -0.2) is 36.6 Å². The van der Waals surface area contributed by atoms with Gasteiger partial charge in [-0.15, -0.1) is 0 Å². The van der Waals surface area contributed by atoms with Gasteiger partial charge in [0.25, 0.3) is 0 Å². The number of thiol groups is 1. The van der Waals surface area contributed by atoms with Crippen LogP contribution in [0.5, 0.6) is 0 Å². The number of hydrogen-bond donors (Lipinski definition) is 2. The van der Waals surface area contributed by atoms with E-state index >= 15 is 0 Å². The zero-order valence-electron chi connectivity index (χ0n) is 17.0. The monoisotopic (exact) mass is 399 g/mol. The second-order valence-electron chi connectivity index (χ2n) is 6.89. The molecular weight excluding hydrogens is 362 g/mol. The summed E-state index contributed by atoms with van der Waals surface area (Å²) in [6.07, 6.45) is 13.9. The molecule has 1 unspecified atom stereocenters. The van der Waals surface area contributed by atoms with E-state index in [9.17, 15) is 14.4 Å². The van der Waals surface area contributed by atoms with Crippen LogP contribution in [0.15, 0.2) is 12.2 Å². The first-order chi connectivity index (χ1) is 13.0. The number of hydrogen-bond acceptors (Lipinski definition) is 5. The summed E-state index contributed by atoms with van der Waals surface area (Å²) in [6.45, 7) is 2.85. The molecule has 0 aliphatic carbocycles. The van der Waals surface area contributed by atoms with Gasteiger partial charge in [-0.2, -0.15) is 12.6 Å². The van der Waals surface area contributed by atoms with Gasteiger partial charge in [-0.3, -0.25) is 14.4 Å². The lowest BCUT2D eigenvalue weighted by molar-refractivity contribution is -0.140. The predicted molar refractivity (Wildman–Crippen MR) is 113 cm³/mol. The molecular formula is C21H37NO4S. The Bertz CT molecular complexity index is 451. The van der Waals surface area contributed by atoms with Crippen molar-refractivity contribution in [2.24, 2.45) is 0 Å². The molecule has 0 bridgehead atoms. The number of allylic oxidation sites excluding steroid dienone is 1. The molecule has 1 N–H and O–H groups in total. The molecule has 0 aromatic rings. The summed E-state index contributed by atoms with van der Waals surface area (Å²) in [5.41, 5.74) is 0. The van der Waals surface area contributed by atoms with Gasteiger partial charge in [0.15, 0.2) is 5.78 Å². The molecule has 1 atom stereocenters. The Kier molecular flexibility index (Phi) is 17.2. The van der Waals surface area contributed by atoms with E-state index in [4.69, 9.17) is 0 Å². The molecule has 0 rings (SSSR count). The quantitative estimate of drug-likeness (QED) is 0.165. The van der Waals surface area contributed by atoms with Crippen molar-refractivity contribution in [3.8, 4) is 0 Å². The van der Waals surface area contributed by atoms with Crippen LogP contribution < -0.4 is 5.32 Å². The molecule has 1 amide bonds. The van der Waals surface area contributed by atoms with Crippen molar-refractivity contribution in [3.05, 3.63) is 12.2 Å². The number of carbonyl (C=O) groups excluding carboxylic acids is 3. The molecule has 0 aromatic heterocycles. The number of unbranched alkanes of at least 4 members (excludes halogenated alkanes) is 7. The van der Waals surface area contributed by atoms with Gasteiger partial charge >= 0.3 is 5.97 Å². The average molecular weight is 400 g/mol. The topological polar surface area (TPSA) is 72.5 Å². The summed E-state index contributed by atoms with van der Waals surface area (Å²) in [7, 11) is 1.39. The fourth-order valence-corrected chi connectivity index (χ4v) is 3.04. The minimum atomic E-state index is -0.213. The van der Waals surface area contributed by atoms with Gasteiger partial charge in [-0.1, -0.05) is 51.9 Å². The Labute approximate surface area is 170 Å². The molecule has 156 valence electrons. The largest absolute Gasteiger partial charge is 0.469 e. The van der Waals surface area contributed by atoms with Crippen LogP contribution in [0, 0.1) is 0 Å². The lowest BCUT2D eigenvalue weighted by Crippen LogP contribution is -2.22. The summed E-state index contributed by atoms with van der Waals surface area (Å²) < 4.78 is 4.59. The van der Waals surface area contributed by atoms with Crippen molar-refractivity contribution >= 4 is 30.3 Å². The summed E-state index contributed by atoms with van der Waals surface area (Å²) in [4.78, 5) is 34.6. The van der Waals surface area contributed by atoms with Crippen LogP contribution in [0.25, 0.3) is 0 Å². The Morgan fingerprint density at radius 1 is 0.963 bits per heavy atom. The lowest BCUT2D eigenvalue weighted by atomic mass is 10.1. The smallest absolute Gasteiger partial charge is 0.305 e. The molecule has 0 fully saturated rings. The van der Waals surface area contributed by atoms with Crippen LogP contribution in [0.4, 0.5) is 0 Å². The summed E-state index contributed by atoms with van der Waals surface area (Å²) >= 11 is 4.43. The number of nitrogens with one attached hydrogen (secondary N) is 1. The van der Waals surface area contributed by atoms with Crippen LogP contribution >= 0.6 is 12.6 Å². The maximum Gasteiger partial charge on any atom is 0.305 e. The molecule has 0 aliphatic heterocycles. The van der Waals surface area contributed by atoms with E-state index in [1.54, 1.807) is 0 Å². The maximum absolute atomic E-state index is 11.9. The van der Waals surface area contributed by atoms with Crippen molar-refractivity contribution in [2.75, 3.05) is 13.7 Å². The number of ether oxygens (including phenoxy) is 1. The van der Waals surface area contributed by atoms with Gasteiger partial charge in [0, 0.05) is 30.7 Å². The second-order valence-corrected chi connectivity index (χ2v) is 7.62. The van der Waals surface area contributed by atoms with Gasteiger partial charge in [0.05, 0.1) is 7.11 Å². The highest BCUT2D eigenvalue weighted by Gasteiger charge is 2.08. The average Bonchev–Trinajstić information content (AvgIpc) is 2.65. The number of ketones is 1. The Hall–Kier alpha value is -1.30. The molecule has 6 heteroatoms. The predicted octanol–water partition coefficient (Wildman–Crippen LogP) is 4.40. The minimum absolute atomic E-state index is 0.0218. The fourth-order valence-electron chi connectivity index (χ4n) is 2.67. The van der Waals surface area contributed by atoms with E-state index < -0.39 is 0 Å². The Morgan fingerprint density at radius 2 is 1.63 bits per heavy atom. The standard InChI is InChI=1S/C21H37NO4S/c1-3-4-5-6-7-11-16-22-20(24)15-14-18(23)17-19(27)12-9-8-10-13-21(25)26-2/h14-15,19,27H,3-13,16-17H2,1-2H3,(H,22,24). The molecule has 0 spiro atoms. The first-order valence-corrected chi connectivity index (χ1v) is 10.7. The van der Waals surface area contributed by atoms with Crippen LogP contribution in [0.2, 0.25) is 0 Å². The Morgan fingerprint density at radius 3 is 2.33 bits per heavy atom. The normalized spacial score (nSPS) is 12.1. The third kappa shape index (κ3) is 17.9. The molecule has 0 aliphatic rings. The first kappa shape index (κ1) is 25.7. The zero-order chi connectivity index (χ0) is 20.3. The first-order valence-electron chi connectivity index (χ1n) is 10.2. The van der Waals surface area contributed by atoms with Crippen LogP contribution in [0.3, 0.4) is 0 Å². The number of esters is 1. The van der Waals surface area contributed by atoms with Crippen molar-refractivity contribution < 1.29 is 19.1 Å². The summed E-state index contributed by atoms with van der Waals surface area (Å²) in [5, 5.41) is 2.79. The van der Waals surface area contributed by atoms with E-state index in [2.05, 4.69) is 29.6 Å². The maximum atomic E-state index is 11.9. The number of methoxy groups -OCH3 is 1. The SMILES string of the molecule is CCCCCCCCNC(=O)C=CC(=O)CC(S)CCCCCC(=O)OC. The van der Waals surface area contributed by atoms with Crippen LogP contribution in [0.1, 0.15) is 84.0 Å². The number of carbonyl (C=O) groups is 3. The molecule has 0 radical (unpaired) electrons. The van der Waals surface area contributed by atoms with Crippen molar-refractivity contribution in [1.29, 1.82) is 0 Å². The lowest BCUT2D eigenvalue weighted by Gasteiger charge is -2.08. The van der Waals surface area contributed by atoms with E-state index in [1.165, 1.54) is 44.9 Å². The molecule has 0 saturated carbocycles. The highest BCUT2D eigenvalue weighted by molar-refractivity contribution is 7.81. The highest BCUT2D eigenvalue weighted by Crippen LogP contribution is 2.14. The number of amides is 1. The Balaban J connectivity index is 3.70. The van der Waals surface area contributed by atoms with Crippen molar-refractivity contribution in [3.63, 3.8) is 0 Å². The van der Waals surface area contributed by atoms with Crippen molar-refractivity contribution in [1.82, 2.24) is 5.32 Å². The van der Waals surface area contributed by atoms with E-state index in [0.29, 0.717) is 19.4 Å². The van der Waals surface area contributed by atoms with Gasteiger partial charge in [-0.05, 0) is 25.3 Å². The summed E-state index contributed by atoms with van der Waals surface area (Å²) in [5.74, 6) is -0.484. The van der Waals surface area contributed by atoms with E-state index in [-0.39, 0.29) is 22.9 Å². The summed E-state index contributed by atoms with van der Waals surface area (Å²) in [6, 6.07) is 0. The van der Waals surface area contributed by atoms with Gasteiger partial charge in [0.2, 0.25) is 5.91 Å². The van der Waals surface area contributed by atoms with Gasteiger partial charge in [-0.25, -0.2) is 0 Å². The molecule has 0 heterocycles. The molecule has 5 nitrogen and oxygen atoms in total. The molecule has 0 aromatic carbocycles. The van der Waals surface area contributed by atoms with Gasteiger partial charge in [0.1, 0.15) is 0 Å². The third-order valence-corrected chi connectivity index (χ3v) is 4.77. The fraction of sp³-hybridized carbons (Fsp3) is 0.762. The van der Waals surface area contributed by atoms with Gasteiger partial charge < -0.3 is 10.1 Å². The van der Waals surface area contributed by atoms with Crippen LogP contribution in [-0.2, 0) is 19.1 Å². The van der Waals surface area contributed by atoms with Crippen molar-refractivity contribution in [2.45, 2.75) is 89.2 Å². The minimum Gasteiger partial charge on any atom is -0.469 e. The second kappa shape index (κ2) is 18.1. The molecule has 27 heavy (non-hydrogen) atoms. The third-order valence-electron chi connectivity index (χ3n) is 4.33. The number of rotatable bonds is 17. The zero-order valence-corrected chi connectivity index (χ0v) is 17.9. The van der Waals surface area contributed by atoms with E-state index in [1.807, 2.05) is 0 Å². The highest BCUT2D eigenvalue weighted by atomic mass is 32.1. The van der Waals surface area contributed by atoms with E-state index in [0.717, 1.165) is 38.5 Å². The molecule has 0 saturated heterocycles.